The summed E-state index contributed by atoms with van der Waals surface area (Å²) < 4.78 is 7.97. The third-order valence-electron chi connectivity index (χ3n) is 5.83. The molecule has 29 heavy (non-hydrogen) atoms. The minimum atomic E-state index is 0.0307. The maximum atomic E-state index is 13.0. The van der Waals surface area contributed by atoms with Crippen molar-refractivity contribution < 1.29 is 4.79 Å². The molecule has 2 aliphatic rings. The largest absolute Gasteiger partial charge is 0.352 e. The van der Waals surface area contributed by atoms with Crippen LogP contribution >= 0.6 is 11.5 Å². The van der Waals surface area contributed by atoms with E-state index in [1.54, 1.807) is 6.20 Å². The van der Waals surface area contributed by atoms with E-state index in [9.17, 15) is 4.79 Å². The molecular formula is C21H20N6OS. The quantitative estimate of drug-likeness (QED) is 0.524. The Kier molecular flexibility index (Phi) is 3.80. The molecule has 3 aromatic heterocycles. The molecule has 1 saturated carbocycles. The van der Waals surface area contributed by atoms with Crippen LogP contribution in [0.5, 0.6) is 0 Å². The van der Waals surface area contributed by atoms with Gasteiger partial charge in [-0.05, 0) is 42.6 Å². The van der Waals surface area contributed by atoms with Gasteiger partial charge in [0.1, 0.15) is 11.3 Å². The van der Waals surface area contributed by atoms with Gasteiger partial charge in [0.15, 0.2) is 5.65 Å². The molecule has 6 rings (SSSR count). The summed E-state index contributed by atoms with van der Waals surface area (Å²) in [6.07, 6.45) is 5.92. The molecule has 7 nitrogen and oxygen atoms in total. The minimum Gasteiger partial charge on any atom is -0.352 e. The van der Waals surface area contributed by atoms with E-state index < -0.39 is 0 Å². The third-order valence-corrected chi connectivity index (χ3v) is 6.64. The van der Waals surface area contributed by atoms with Crippen LogP contribution in [0.25, 0.3) is 21.3 Å². The summed E-state index contributed by atoms with van der Waals surface area (Å²) in [6.45, 7) is 2.93. The summed E-state index contributed by atoms with van der Waals surface area (Å²) >= 11 is 1.53. The van der Waals surface area contributed by atoms with Gasteiger partial charge in [-0.2, -0.15) is 4.37 Å². The molecule has 0 radical (unpaired) electrons. The van der Waals surface area contributed by atoms with Crippen LogP contribution in [0.4, 0.5) is 5.82 Å². The SMILES string of the molecule is O=C(c1cnc2c(c1)ncn2C1CC1)N1CCN(c2nsc3ccccc23)CC1. The number of pyridine rings is 1. The van der Waals surface area contributed by atoms with Crippen LogP contribution in [0, 0.1) is 0 Å². The number of nitrogens with zero attached hydrogens (tertiary/aromatic N) is 6. The number of aromatic nitrogens is 4. The van der Waals surface area contributed by atoms with Crippen LogP contribution in [0.1, 0.15) is 29.2 Å². The summed E-state index contributed by atoms with van der Waals surface area (Å²) in [5.74, 6) is 1.06. The van der Waals surface area contributed by atoms with E-state index in [4.69, 9.17) is 0 Å². The maximum absolute atomic E-state index is 13.0. The normalized spacial score (nSPS) is 17.4. The number of rotatable bonds is 3. The molecule has 1 aromatic carbocycles. The van der Waals surface area contributed by atoms with Gasteiger partial charge < -0.3 is 14.4 Å². The summed E-state index contributed by atoms with van der Waals surface area (Å²) in [6, 6.07) is 10.7. The number of piperazine rings is 1. The molecule has 0 unspecified atom stereocenters. The van der Waals surface area contributed by atoms with Gasteiger partial charge >= 0.3 is 0 Å². The van der Waals surface area contributed by atoms with E-state index >= 15 is 0 Å². The van der Waals surface area contributed by atoms with Crippen LogP contribution in [0.3, 0.4) is 0 Å². The van der Waals surface area contributed by atoms with Gasteiger partial charge in [0.2, 0.25) is 0 Å². The number of carbonyl (C=O) groups excluding carboxylic acids is 1. The predicted octanol–water partition coefficient (Wildman–Crippen LogP) is 3.34. The Bertz CT molecular complexity index is 1220. The lowest BCUT2D eigenvalue weighted by atomic mass is 10.2. The predicted molar refractivity (Wildman–Crippen MR) is 114 cm³/mol. The Morgan fingerprint density at radius 2 is 1.90 bits per heavy atom. The molecular weight excluding hydrogens is 384 g/mol. The van der Waals surface area contributed by atoms with Gasteiger partial charge in [-0.15, -0.1) is 0 Å². The van der Waals surface area contributed by atoms with E-state index in [-0.39, 0.29) is 5.91 Å². The zero-order valence-corrected chi connectivity index (χ0v) is 16.7. The molecule has 0 N–H and O–H groups in total. The highest BCUT2D eigenvalue weighted by Gasteiger charge is 2.27. The van der Waals surface area contributed by atoms with Crippen molar-refractivity contribution >= 4 is 44.5 Å². The maximum Gasteiger partial charge on any atom is 0.255 e. The van der Waals surface area contributed by atoms with Crippen LogP contribution in [-0.2, 0) is 0 Å². The molecule has 0 atom stereocenters. The molecule has 1 aliphatic carbocycles. The smallest absolute Gasteiger partial charge is 0.255 e. The first-order valence-electron chi connectivity index (χ1n) is 9.99. The molecule has 1 saturated heterocycles. The Balaban J connectivity index is 1.19. The fraction of sp³-hybridized carbons (Fsp3) is 0.333. The first-order chi connectivity index (χ1) is 14.3. The number of hydrogen-bond donors (Lipinski definition) is 0. The average molecular weight is 404 g/mol. The number of hydrogen-bond acceptors (Lipinski definition) is 6. The van der Waals surface area contributed by atoms with Crippen molar-refractivity contribution in [1.29, 1.82) is 0 Å². The second-order valence-corrected chi connectivity index (χ2v) is 8.54. The van der Waals surface area contributed by atoms with Crippen molar-refractivity contribution in [3.05, 3.63) is 48.4 Å². The Hall–Kier alpha value is -3.00. The van der Waals surface area contributed by atoms with Crippen LogP contribution < -0.4 is 4.90 Å². The van der Waals surface area contributed by atoms with Crippen molar-refractivity contribution in [3.63, 3.8) is 0 Å². The van der Waals surface area contributed by atoms with E-state index in [0.29, 0.717) is 24.7 Å². The van der Waals surface area contributed by atoms with E-state index in [1.165, 1.54) is 34.5 Å². The molecule has 2 fully saturated rings. The lowest BCUT2D eigenvalue weighted by Gasteiger charge is -2.35. The van der Waals surface area contributed by atoms with Crippen molar-refractivity contribution in [2.75, 3.05) is 31.1 Å². The second kappa shape index (κ2) is 6.52. The number of amides is 1. The topological polar surface area (TPSA) is 67.2 Å². The number of fused-ring (bicyclic) bond motifs is 2. The summed E-state index contributed by atoms with van der Waals surface area (Å²) in [7, 11) is 0. The number of carbonyl (C=O) groups is 1. The highest BCUT2D eigenvalue weighted by molar-refractivity contribution is 7.13. The van der Waals surface area contributed by atoms with Gasteiger partial charge in [0, 0.05) is 43.8 Å². The molecule has 4 heterocycles. The van der Waals surface area contributed by atoms with Gasteiger partial charge in [-0.3, -0.25) is 4.79 Å². The van der Waals surface area contributed by atoms with Gasteiger partial charge in [-0.25, -0.2) is 9.97 Å². The van der Waals surface area contributed by atoms with Gasteiger partial charge in [-0.1, -0.05) is 12.1 Å². The zero-order valence-electron chi connectivity index (χ0n) is 15.9. The molecule has 0 bridgehead atoms. The Labute approximate surface area is 171 Å². The van der Waals surface area contributed by atoms with Gasteiger partial charge in [0.25, 0.3) is 5.91 Å². The second-order valence-electron chi connectivity index (χ2n) is 7.73. The monoisotopic (exact) mass is 404 g/mol. The van der Waals surface area contributed by atoms with E-state index in [2.05, 4.69) is 35.9 Å². The van der Waals surface area contributed by atoms with Crippen molar-refractivity contribution in [1.82, 2.24) is 23.8 Å². The molecule has 1 amide bonds. The van der Waals surface area contributed by atoms with Crippen LogP contribution in [-0.4, -0.2) is 55.9 Å². The third kappa shape index (κ3) is 2.86. The zero-order chi connectivity index (χ0) is 19.4. The van der Waals surface area contributed by atoms with Crippen molar-refractivity contribution in [3.8, 4) is 0 Å². The molecule has 146 valence electrons. The van der Waals surface area contributed by atoms with E-state index in [1.807, 2.05) is 29.4 Å². The number of anilines is 1. The van der Waals surface area contributed by atoms with Crippen molar-refractivity contribution in [2.45, 2.75) is 18.9 Å². The molecule has 1 aliphatic heterocycles. The summed E-state index contributed by atoms with van der Waals surface area (Å²) in [5.41, 5.74) is 2.30. The van der Waals surface area contributed by atoms with Crippen LogP contribution in [0.2, 0.25) is 0 Å². The molecule has 0 spiro atoms. The van der Waals surface area contributed by atoms with Gasteiger partial charge in [0.05, 0.1) is 16.6 Å². The number of benzene rings is 1. The molecule has 4 aromatic rings. The Morgan fingerprint density at radius 3 is 2.72 bits per heavy atom. The fourth-order valence-electron chi connectivity index (χ4n) is 4.06. The first-order valence-corrected chi connectivity index (χ1v) is 10.8. The lowest BCUT2D eigenvalue weighted by molar-refractivity contribution is 0.0746. The lowest BCUT2D eigenvalue weighted by Crippen LogP contribution is -2.49. The first kappa shape index (κ1) is 16.9. The highest BCUT2D eigenvalue weighted by Crippen LogP contribution is 2.36. The fourth-order valence-corrected chi connectivity index (χ4v) is 4.86. The van der Waals surface area contributed by atoms with Crippen molar-refractivity contribution in [2.24, 2.45) is 0 Å². The highest BCUT2D eigenvalue weighted by atomic mass is 32.1. The number of imidazole rings is 1. The minimum absolute atomic E-state index is 0.0307. The summed E-state index contributed by atoms with van der Waals surface area (Å²) in [5, 5.41) is 1.19. The standard InChI is InChI=1S/C21H20N6OS/c28-21(14-11-17-20(22-12-14)27(13-23-17)15-5-6-15)26-9-7-25(8-10-26)19-16-3-1-2-4-18(16)29-24-19/h1-4,11-13,15H,5-10H2. The Morgan fingerprint density at radius 1 is 1.07 bits per heavy atom. The van der Waals surface area contributed by atoms with Crippen LogP contribution in [0.15, 0.2) is 42.9 Å². The average Bonchev–Trinajstić information content (AvgIpc) is 3.38. The molecule has 8 heteroatoms. The van der Waals surface area contributed by atoms with E-state index in [0.717, 1.165) is 30.1 Å². The summed E-state index contributed by atoms with van der Waals surface area (Å²) in [4.78, 5) is 26.2.